The number of amides is 1. The van der Waals surface area contributed by atoms with Crippen molar-refractivity contribution in [2.45, 2.75) is 37.7 Å². The molecular formula is C31H26F6N2O3S. The van der Waals surface area contributed by atoms with E-state index in [0.717, 1.165) is 32.0 Å². The Morgan fingerprint density at radius 1 is 0.930 bits per heavy atom. The van der Waals surface area contributed by atoms with Crippen LogP contribution in [-0.4, -0.2) is 36.2 Å². The molecule has 3 aromatic carbocycles. The first-order valence-electron chi connectivity index (χ1n) is 13.3. The van der Waals surface area contributed by atoms with Crippen molar-refractivity contribution in [3.8, 4) is 11.5 Å². The number of methoxy groups -OCH3 is 1. The summed E-state index contributed by atoms with van der Waals surface area (Å²) in [6, 6.07) is 16.3. The third-order valence-electron chi connectivity index (χ3n) is 7.26. The zero-order valence-corrected chi connectivity index (χ0v) is 23.7. The minimum absolute atomic E-state index is 0.0727. The molecule has 3 aromatic rings. The van der Waals surface area contributed by atoms with E-state index in [1.165, 1.54) is 30.5 Å². The number of likely N-dealkylation sites (tertiary alicyclic amines) is 1. The third-order valence-corrected chi connectivity index (χ3v) is 8.30. The largest absolute Gasteiger partial charge is 0.493 e. The molecule has 0 aromatic heterocycles. The second-order valence-corrected chi connectivity index (χ2v) is 11.1. The maximum absolute atomic E-state index is 13.5. The highest BCUT2D eigenvalue weighted by Gasteiger charge is 2.38. The van der Waals surface area contributed by atoms with Crippen molar-refractivity contribution in [1.82, 2.24) is 4.90 Å². The van der Waals surface area contributed by atoms with Crippen molar-refractivity contribution in [3.05, 3.63) is 99.5 Å². The van der Waals surface area contributed by atoms with Crippen molar-refractivity contribution < 1.29 is 40.6 Å². The van der Waals surface area contributed by atoms with E-state index in [2.05, 4.69) is 22.0 Å². The van der Waals surface area contributed by atoms with E-state index in [9.17, 15) is 31.1 Å². The molecule has 2 aliphatic rings. The number of rotatable bonds is 6. The molecular weight excluding hydrogens is 594 g/mol. The maximum atomic E-state index is 13.5. The number of hydrogen-bond donors (Lipinski definition) is 0. The first kappa shape index (κ1) is 30.5. The summed E-state index contributed by atoms with van der Waals surface area (Å²) in [5.74, 6) is 0.352. The Bertz CT molecular complexity index is 1550. The van der Waals surface area contributed by atoms with Gasteiger partial charge in [0.1, 0.15) is 6.61 Å². The fourth-order valence-electron chi connectivity index (χ4n) is 5.01. The van der Waals surface area contributed by atoms with Crippen LogP contribution in [0.2, 0.25) is 0 Å². The van der Waals surface area contributed by atoms with Crippen LogP contribution < -0.4 is 9.47 Å². The van der Waals surface area contributed by atoms with Gasteiger partial charge in [-0.25, -0.2) is 0 Å². The molecule has 5 nitrogen and oxygen atoms in total. The number of alkyl halides is 6. The minimum Gasteiger partial charge on any atom is -0.493 e. The van der Waals surface area contributed by atoms with Gasteiger partial charge in [-0.3, -0.25) is 4.79 Å². The Kier molecular flexibility index (Phi) is 8.77. The molecule has 1 saturated heterocycles. The predicted molar refractivity (Wildman–Crippen MR) is 152 cm³/mol. The first-order valence-corrected chi connectivity index (χ1v) is 14.1. The number of piperidine rings is 1. The SMILES string of the molecule is COc1cc(C=C2SC(N3CCC(c4ccccc4)CC3)=NC2=O)ccc1OCc1ccc(C(F)(F)F)cc1C(F)(F)F. The van der Waals surface area contributed by atoms with Gasteiger partial charge in [0.15, 0.2) is 16.7 Å². The lowest BCUT2D eigenvalue weighted by atomic mass is 9.90. The lowest BCUT2D eigenvalue weighted by Gasteiger charge is -2.32. The predicted octanol–water partition coefficient (Wildman–Crippen LogP) is 8.16. The summed E-state index contributed by atoms with van der Waals surface area (Å²) in [5, 5.41) is 0.645. The highest BCUT2D eigenvalue weighted by molar-refractivity contribution is 8.18. The number of nitrogens with zero attached hydrogens (tertiary/aromatic N) is 2. The van der Waals surface area contributed by atoms with E-state index in [0.29, 0.717) is 27.6 Å². The standard InChI is InChI=1S/C31H26F6N2O3S/c1-41-26-15-19(7-10-25(26)42-18-22-8-9-23(30(32,33)34)17-24(22)31(35,36)37)16-27-28(40)38-29(43-27)39-13-11-21(12-14-39)20-5-3-2-4-6-20/h2-10,15-17,21H,11-14,18H2,1H3. The fraction of sp³-hybridized carbons (Fsp3) is 0.290. The third kappa shape index (κ3) is 7.18. The molecule has 0 unspecified atom stereocenters. The number of aliphatic imine (C=N–C) groups is 1. The summed E-state index contributed by atoms with van der Waals surface area (Å²) in [4.78, 5) is 19.4. The Hall–Kier alpha value is -3.93. The molecule has 5 rings (SSSR count). The number of benzene rings is 3. The second kappa shape index (κ2) is 12.4. The van der Waals surface area contributed by atoms with Crippen LogP contribution in [-0.2, 0) is 23.8 Å². The van der Waals surface area contributed by atoms with Gasteiger partial charge in [0.05, 0.1) is 23.1 Å². The fourth-order valence-corrected chi connectivity index (χ4v) is 5.97. The monoisotopic (exact) mass is 620 g/mol. The van der Waals surface area contributed by atoms with Crippen LogP contribution >= 0.6 is 11.8 Å². The van der Waals surface area contributed by atoms with E-state index in [-0.39, 0.29) is 23.5 Å². The number of carbonyl (C=O) groups excluding carboxylic acids is 1. The number of thioether (sulfide) groups is 1. The van der Waals surface area contributed by atoms with Crippen molar-refractivity contribution in [3.63, 3.8) is 0 Å². The molecule has 0 spiro atoms. The molecule has 226 valence electrons. The first-order chi connectivity index (χ1) is 20.4. The summed E-state index contributed by atoms with van der Waals surface area (Å²) >= 11 is 1.28. The van der Waals surface area contributed by atoms with Crippen molar-refractivity contribution in [2.75, 3.05) is 20.2 Å². The molecule has 43 heavy (non-hydrogen) atoms. The van der Waals surface area contributed by atoms with Gasteiger partial charge in [-0.05, 0) is 72.0 Å². The summed E-state index contributed by atoms with van der Waals surface area (Å²) in [6.45, 7) is 0.915. The van der Waals surface area contributed by atoms with Crippen LogP contribution in [0.3, 0.4) is 0 Å². The van der Waals surface area contributed by atoms with Crippen LogP contribution in [0.5, 0.6) is 11.5 Å². The van der Waals surface area contributed by atoms with Crippen molar-refractivity contribution >= 4 is 28.9 Å². The van der Waals surface area contributed by atoms with Crippen LogP contribution in [0.25, 0.3) is 6.08 Å². The number of carbonyl (C=O) groups is 1. The average Bonchev–Trinajstić information content (AvgIpc) is 3.35. The summed E-state index contributed by atoms with van der Waals surface area (Å²) in [7, 11) is 1.34. The summed E-state index contributed by atoms with van der Waals surface area (Å²) in [6.07, 6.45) is -6.38. The Labute approximate surface area is 248 Å². The zero-order valence-electron chi connectivity index (χ0n) is 22.8. The molecule has 2 aliphatic heterocycles. The lowest BCUT2D eigenvalue weighted by molar-refractivity contribution is -0.143. The van der Waals surface area contributed by atoms with E-state index < -0.39 is 35.6 Å². The quantitative estimate of drug-likeness (QED) is 0.206. The van der Waals surface area contributed by atoms with Gasteiger partial charge in [-0.15, -0.1) is 0 Å². The molecule has 1 amide bonds. The molecule has 0 aliphatic carbocycles. The Morgan fingerprint density at radius 2 is 1.65 bits per heavy atom. The lowest BCUT2D eigenvalue weighted by Crippen LogP contribution is -2.35. The highest BCUT2D eigenvalue weighted by atomic mass is 32.2. The van der Waals surface area contributed by atoms with E-state index in [1.807, 2.05) is 18.2 Å². The number of halogens is 6. The van der Waals surface area contributed by atoms with Crippen LogP contribution in [0, 0.1) is 0 Å². The molecule has 0 radical (unpaired) electrons. The topological polar surface area (TPSA) is 51.1 Å². The number of ether oxygens (including phenoxy) is 2. The summed E-state index contributed by atoms with van der Waals surface area (Å²) < 4.78 is 90.3. The van der Waals surface area contributed by atoms with E-state index in [4.69, 9.17) is 9.47 Å². The zero-order chi connectivity index (χ0) is 30.8. The maximum Gasteiger partial charge on any atom is 0.416 e. The Balaban J connectivity index is 1.25. The molecule has 2 heterocycles. The molecule has 12 heteroatoms. The van der Waals surface area contributed by atoms with Crippen LogP contribution in [0.1, 0.15) is 46.6 Å². The molecule has 0 N–H and O–H groups in total. The summed E-state index contributed by atoms with van der Waals surface area (Å²) in [5.41, 5.74) is -1.41. The molecule has 0 saturated carbocycles. The normalized spacial score (nSPS) is 17.4. The Morgan fingerprint density at radius 3 is 2.30 bits per heavy atom. The molecule has 0 bridgehead atoms. The molecule has 0 atom stereocenters. The van der Waals surface area contributed by atoms with Gasteiger partial charge < -0.3 is 14.4 Å². The van der Waals surface area contributed by atoms with Gasteiger partial charge >= 0.3 is 12.4 Å². The smallest absolute Gasteiger partial charge is 0.416 e. The number of amidine groups is 1. The van der Waals surface area contributed by atoms with E-state index >= 15 is 0 Å². The highest BCUT2D eigenvalue weighted by Crippen LogP contribution is 2.39. The minimum atomic E-state index is -5.01. The van der Waals surface area contributed by atoms with Gasteiger partial charge in [0.25, 0.3) is 5.91 Å². The number of hydrogen-bond acceptors (Lipinski definition) is 5. The average molecular weight is 621 g/mol. The van der Waals surface area contributed by atoms with Crippen LogP contribution in [0.15, 0.2) is 76.6 Å². The van der Waals surface area contributed by atoms with Crippen LogP contribution in [0.4, 0.5) is 26.3 Å². The second-order valence-electron chi connectivity index (χ2n) is 10.0. The van der Waals surface area contributed by atoms with E-state index in [1.54, 1.807) is 18.2 Å². The van der Waals surface area contributed by atoms with Gasteiger partial charge in [-0.2, -0.15) is 31.3 Å². The van der Waals surface area contributed by atoms with Gasteiger partial charge in [0, 0.05) is 18.7 Å². The van der Waals surface area contributed by atoms with Gasteiger partial charge in [-0.1, -0.05) is 42.5 Å². The van der Waals surface area contributed by atoms with Gasteiger partial charge in [0.2, 0.25) is 0 Å². The van der Waals surface area contributed by atoms with Crippen molar-refractivity contribution in [1.29, 1.82) is 0 Å². The van der Waals surface area contributed by atoms with Crippen molar-refractivity contribution in [2.24, 2.45) is 4.99 Å². The molecule has 1 fully saturated rings.